The van der Waals surface area contributed by atoms with Gasteiger partial charge in [0.15, 0.2) is 0 Å². The van der Waals surface area contributed by atoms with Crippen LogP contribution in [-0.2, 0) is 4.74 Å². The maximum Gasteiger partial charge on any atom is 0.0699 e. The molecular formula is C10H21NOS. The summed E-state index contributed by atoms with van der Waals surface area (Å²) in [5.41, 5.74) is 0. The summed E-state index contributed by atoms with van der Waals surface area (Å²) in [6.45, 7) is 4.23. The van der Waals surface area contributed by atoms with Crippen molar-refractivity contribution in [3.05, 3.63) is 0 Å². The highest BCUT2D eigenvalue weighted by Gasteiger charge is 2.13. The van der Waals surface area contributed by atoms with Gasteiger partial charge in [-0.3, -0.25) is 0 Å². The van der Waals surface area contributed by atoms with Gasteiger partial charge in [0.25, 0.3) is 0 Å². The summed E-state index contributed by atoms with van der Waals surface area (Å²) < 4.78 is 5.64. The van der Waals surface area contributed by atoms with Crippen LogP contribution in [0.3, 0.4) is 0 Å². The Hall–Kier alpha value is 0.270. The van der Waals surface area contributed by atoms with E-state index in [0.717, 1.165) is 13.2 Å². The van der Waals surface area contributed by atoms with Crippen LogP contribution in [-0.4, -0.2) is 37.3 Å². The van der Waals surface area contributed by atoms with Gasteiger partial charge < -0.3 is 10.1 Å². The van der Waals surface area contributed by atoms with Crippen molar-refractivity contribution >= 4 is 11.8 Å². The molecule has 13 heavy (non-hydrogen) atoms. The smallest absolute Gasteiger partial charge is 0.0699 e. The van der Waals surface area contributed by atoms with Crippen LogP contribution in [0.4, 0.5) is 0 Å². The van der Waals surface area contributed by atoms with E-state index in [1.807, 2.05) is 11.8 Å². The van der Waals surface area contributed by atoms with Crippen LogP contribution in [0.2, 0.25) is 0 Å². The molecule has 0 saturated carbocycles. The average molecular weight is 203 g/mol. The lowest BCUT2D eigenvalue weighted by molar-refractivity contribution is 0.0160. The molecule has 0 bridgehead atoms. The molecule has 0 spiro atoms. The molecule has 0 aromatic rings. The van der Waals surface area contributed by atoms with E-state index >= 15 is 0 Å². The van der Waals surface area contributed by atoms with Gasteiger partial charge in [0.05, 0.1) is 6.10 Å². The molecule has 2 atom stereocenters. The highest BCUT2D eigenvalue weighted by Crippen LogP contribution is 2.11. The van der Waals surface area contributed by atoms with Gasteiger partial charge in [-0.15, -0.1) is 0 Å². The number of ether oxygens (including phenoxy) is 1. The second-order valence-electron chi connectivity index (χ2n) is 3.75. The minimum atomic E-state index is 0.470. The van der Waals surface area contributed by atoms with Gasteiger partial charge in [0, 0.05) is 24.9 Å². The molecule has 1 saturated heterocycles. The summed E-state index contributed by atoms with van der Waals surface area (Å²) in [5.74, 6) is 1.19. The fraction of sp³-hybridized carbons (Fsp3) is 1.00. The number of hydrogen-bond donors (Lipinski definition) is 1. The van der Waals surface area contributed by atoms with Gasteiger partial charge in [-0.25, -0.2) is 0 Å². The third-order valence-corrected chi connectivity index (χ3v) is 3.22. The molecule has 2 unspecified atom stereocenters. The zero-order valence-electron chi connectivity index (χ0n) is 8.71. The first-order chi connectivity index (χ1) is 6.33. The summed E-state index contributed by atoms with van der Waals surface area (Å²) in [6, 6.07) is 0.612. The number of nitrogens with one attached hydrogen (secondary N) is 1. The minimum Gasteiger partial charge on any atom is -0.377 e. The molecule has 1 N–H and O–H groups in total. The Kier molecular flexibility index (Phi) is 5.83. The molecule has 1 fully saturated rings. The molecule has 1 aliphatic heterocycles. The lowest BCUT2D eigenvalue weighted by Gasteiger charge is -2.24. The van der Waals surface area contributed by atoms with Crippen LogP contribution >= 0.6 is 11.8 Å². The Labute approximate surface area is 85.8 Å². The molecule has 1 heterocycles. The van der Waals surface area contributed by atoms with E-state index < -0.39 is 0 Å². The summed E-state index contributed by atoms with van der Waals surface area (Å²) in [6.07, 6.45) is 6.44. The second-order valence-corrected chi connectivity index (χ2v) is 4.66. The number of rotatable bonds is 5. The Morgan fingerprint density at radius 1 is 1.54 bits per heavy atom. The van der Waals surface area contributed by atoms with E-state index in [4.69, 9.17) is 4.74 Å². The van der Waals surface area contributed by atoms with E-state index in [1.165, 1.54) is 25.0 Å². The van der Waals surface area contributed by atoms with Crippen LogP contribution in [0, 0.1) is 0 Å². The van der Waals surface area contributed by atoms with Gasteiger partial charge in [-0.05, 0) is 32.4 Å². The highest BCUT2D eigenvalue weighted by molar-refractivity contribution is 7.98. The minimum absolute atomic E-state index is 0.470. The van der Waals surface area contributed by atoms with Crippen molar-refractivity contribution in [2.24, 2.45) is 0 Å². The summed E-state index contributed by atoms with van der Waals surface area (Å²) in [7, 11) is 0. The average Bonchev–Trinajstić information content (AvgIpc) is 2.17. The predicted octanol–water partition coefficient (Wildman–Crippen LogP) is 1.90. The van der Waals surface area contributed by atoms with Gasteiger partial charge in [0.1, 0.15) is 0 Å². The van der Waals surface area contributed by atoms with Gasteiger partial charge in [-0.2, -0.15) is 11.8 Å². The summed E-state index contributed by atoms with van der Waals surface area (Å²) in [5, 5.41) is 3.51. The predicted molar refractivity (Wildman–Crippen MR) is 59.4 cm³/mol. The first-order valence-corrected chi connectivity index (χ1v) is 6.56. The van der Waals surface area contributed by atoms with Crippen LogP contribution < -0.4 is 5.32 Å². The van der Waals surface area contributed by atoms with Crippen LogP contribution in [0.15, 0.2) is 0 Å². The number of thioether (sulfide) groups is 1. The second kappa shape index (κ2) is 6.68. The van der Waals surface area contributed by atoms with E-state index in [-0.39, 0.29) is 0 Å². The third-order valence-electron chi connectivity index (χ3n) is 2.38. The first-order valence-electron chi connectivity index (χ1n) is 5.17. The normalized spacial score (nSPS) is 25.8. The largest absolute Gasteiger partial charge is 0.377 e. The first kappa shape index (κ1) is 11.3. The van der Waals surface area contributed by atoms with Gasteiger partial charge in [0.2, 0.25) is 0 Å². The maximum absolute atomic E-state index is 5.64. The molecule has 0 aliphatic carbocycles. The van der Waals surface area contributed by atoms with Gasteiger partial charge >= 0.3 is 0 Å². The molecule has 78 valence electrons. The summed E-state index contributed by atoms with van der Waals surface area (Å²) >= 11 is 1.89. The quantitative estimate of drug-likeness (QED) is 0.737. The van der Waals surface area contributed by atoms with Crippen LogP contribution in [0.5, 0.6) is 0 Å². The Balaban J connectivity index is 2.03. The Bertz CT molecular complexity index is 126. The maximum atomic E-state index is 5.64. The molecule has 0 aromatic carbocycles. The van der Waals surface area contributed by atoms with E-state index in [1.54, 1.807) is 0 Å². The fourth-order valence-corrected chi connectivity index (χ4v) is 2.23. The number of hydrogen-bond acceptors (Lipinski definition) is 3. The van der Waals surface area contributed by atoms with Crippen molar-refractivity contribution in [3.8, 4) is 0 Å². The molecule has 0 radical (unpaired) electrons. The highest BCUT2D eigenvalue weighted by atomic mass is 32.2. The fourth-order valence-electron chi connectivity index (χ4n) is 1.61. The molecule has 0 amide bonds. The molecule has 0 aromatic heterocycles. The molecular weight excluding hydrogens is 182 g/mol. The van der Waals surface area contributed by atoms with Crippen molar-refractivity contribution in [2.75, 3.05) is 25.2 Å². The van der Waals surface area contributed by atoms with Crippen LogP contribution in [0.25, 0.3) is 0 Å². The van der Waals surface area contributed by atoms with E-state index in [0.29, 0.717) is 12.1 Å². The van der Waals surface area contributed by atoms with E-state index in [9.17, 15) is 0 Å². The molecule has 2 nitrogen and oxygen atoms in total. The third kappa shape index (κ3) is 4.89. The summed E-state index contributed by atoms with van der Waals surface area (Å²) in [4.78, 5) is 0. The van der Waals surface area contributed by atoms with Crippen molar-refractivity contribution in [2.45, 2.75) is 38.3 Å². The van der Waals surface area contributed by atoms with Crippen molar-refractivity contribution in [1.29, 1.82) is 0 Å². The molecule has 3 heteroatoms. The molecule has 1 aliphatic rings. The van der Waals surface area contributed by atoms with Crippen LogP contribution in [0.1, 0.15) is 26.2 Å². The van der Waals surface area contributed by atoms with Gasteiger partial charge in [-0.1, -0.05) is 0 Å². The zero-order chi connectivity index (χ0) is 9.52. The zero-order valence-corrected chi connectivity index (χ0v) is 9.53. The van der Waals surface area contributed by atoms with Crippen molar-refractivity contribution in [1.82, 2.24) is 5.32 Å². The van der Waals surface area contributed by atoms with Crippen molar-refractivity contribution < 1.29 is 4.74 Å². The lowest BCUT2D eigenvalue weighted by atomic mass is 10.1. The SMILES string of the molecule is CSCC(C)NCC1CCCCO1. The monoisotopic (exact) mass is 203 g/mol. The molecule has 1 rings (SSSR count). The van der Waals surface area contributed by atoms with Crippen molar-refractivity contribution in [3.63, 3.8) is 0 Å². The topological polar surface area (TPSA) is 21.3 Å². The standard InChI is InChI=1S/C10H21NOS/c1-9(8-13-2)11-7-10-5-3-4-6-12-10/h9-11H,3-8H2,1-2H3. The van der Waals surface area contributed by atoms with E-state index in [2.05, 4.69) is 18.5 Å². The Morgan fingerprint density at radius 2 is 2.38 bits per heavy atom. The Morgan fingerprint density at radius 3 is 3.00 bits per heavy atom. The lowest BCUT2D eigenvalue weighted by Crippen LogP contribution is -2.37.